The van der Waals surface area contributed by atoms with E-state index in [1.165, 1.54) is 4.68 Å². The van der Waals surface area contributed by atoms with Crippen LogP contribution in [0.4, 0.5) is 0 Å². The number of aromatic nitrogens is 2. The Morgan fingerprint density at radius 1 is 1.47 bits per heavy atom. The number of hydrogen-bond acceptors (Lipinski definition) is 4. The predicted octanol–water partition coefficient (Wildman–Crippen LogP) is 0.633. The maximum Gasteiger partial charge on any atom is 0.354 e. The summed E-state index contributed by atoms with van der Waals surface area (Å²) in [4.78, 5) is 11.2. The number of aromatic carboxylic acids is 1. The lowest BCUT2D eigenvalue weighted by atomic mass is 10.1. The van der Waals surface area contributed by atoms with Gasteiger partial charge in [-0.05, 0) is 20.3 Å². The number of fused-ring (bicyclic) bond motifs is 1. The quantitative estimate of drug-likeness (QED) is 0.840. The van der Waals surface area contributed by atoms with Crippen LogP contribution in [0.3, 0.4) is 0 Å². The average molecular weight is 258 g/mol. The fourth-order valence-corrected chi connectivity index (χ4v) is 3.34. The van der Waals surface area contributed by atoms with Gasteiger partial charge in [0.1, 0.15) is 5.69 Å². The Bertz CT molecular complexity index is 571. The third-order valence-electron chi connectivity index (χ3n) is 2.80. The number of carboxylic acid groups (broad SMARTS) is 1. The summed E-state index contributed by atoms with van der Waals surface area (Å²) < 4.78 is 24.4. The van der Waals surface area contributed by atoms with Crippen LogP contribution in [-0.2, 0) is 22.0 Å². The van der Waals surface area contributed by atoms with E-state index >= 15 is 0 Å². The zero-order valence-corrected chi connectivity index (χ0v) is 10.5. The summed E-state index contributed by atoms with van der Waals surface area (Å²) in [5.41, 5.74) is 1.09. The number of carbonyl (C=O) groups is 1. The van der Waals surface area contributed by atoms with Gasteiger partial charge in [-0.25, -0.2) is 13.2 Å². The van der Waals surface area contributed by atoms with Crippen LogP contribution in [0, 0.1) is 0 Å². The molecule has 0 amide bonds. The van der Waals surface area contributed by atoms with Gasteiger partial charge in [0.15, 0.2) is 9.84 Å². The second kappa shape index (κ2) is 3.83. The van der Waals surface area contributed by atoms with E-state index in [0.29, 0.717) is 11.3 Å². The van der Waals surface area contributed by atoms with Crippen molar-refractivity contribution in [1.82, 2.24) is 9.78 Å². The molecule has 1 N–H and O–H groups in total. The van der Waals surface area contributed by atoms with Crippen molar-refractivity contribution in [2.45, 2.75) is 32.1 Å². The van der Waals surface area contributed by atoms with E-state index in [9.17, 15) is 18.3 Å². The van der Waals surface area contributed by atoms with Gasteiger partial charge >= 0.3 is 5.97 Å². The lowest BCUT2D eigenvalue weighted by molar-refractivity contribution is 0.0680. The van der Waals surface area contributed by atoms with Gasteiger partial charge in [0.25, 0.3) is 0 Å². The van der Waals surface area contributed by atoms with Crippen LogP contribution >= 0.6 is 0 Å². The summed E-state index contributed by atoms with van der Waals surface area (Å²) in [6, 6.07) is -0.102. The fraction of sp³-hybridized carbons (Fsp3) is 0.600. The molecule has 0 aromatic carbocycles. The molecule has 0 fully saturated rings. The Morgan fingerprint density at radius 2 is 2.12 bits per heavy atom. The first-order valence-electron chi connectivity index (χ1n) is 5.36. The molecule has 6 nitrogen and oxygen atoms in total. The number of sulfone groups is 1. The fourth-order valence-electron chi connectivity index (χ4n) is 2.03. The van der Waals surface area contributed by atoms with Gasteiger partial charge in [0.2, 0.25) is 0 Å². The SMILES string of the molecule is CC(C)n1nc2c(c1C(=O)O)CCS(=O)(=O)C2. The Kier molecular flexibility index (Phi) is 2.73. The molecule has 2 heterocycles. The number of hydrogen-bond donors (Lipinski definition) is 1. The number of rotatable bonds is 2. The molecule has 1 aromatic heterocycles. The molecule has 94 valence electrons. The first-order chi connectivity index (χ1) is 7.82. The molecule has 0 bridgehead atoms. The highest BCUT2D eigenvalue weighted by atomic mass is 32.2. The van der Waals surface area contributed by atoms with Crippen LogP contribution in [0.2, 0.25) is 0 Å². The number of nitrogens with zero attached hydrogens (tertiary/aromatic N) is 2. The summed E-state index contributed by atoms with van der Waals surface area (Å²) in [5, 5.41) is 13.3. The molecular weight excluding hydrogens is 244 g/mol. The van der Waals surface area contributed by atoms with Crippen LogP contribution in [0.1, 0.15) is 41.6 Å². The first kappa shape index (κ1) is 12.1. The van der Waals surface area contributed by atoms with Gasteiger partial charge in [0.05, 0.1) is 17.2 Å². The molecule has 1 aromatic rings. The standard InChI is InChI=1S/C10H14N2O4S/c1-6(2)12-9(10(13)14)7-3-4-17(15,16)5-8(7)11-12/h6H,3-5H2,1-2H3,(H,13,14). The van der Waals surface area contributed by atoms with E-state index in [-0.39, 0.29) is 29.7 Å². The summed E-state index contributed by atoms with van der Waals surface area (Å²) >= 11 is 0. The summed E-state index contributed by atoms with van der Waals surface area (Å²) in [5.74, 6) is -1.20. The van der Waals surface area contributed by atoms with Crippen molar-refractivity contribution in [3.05, 3.63) is 17.0 Å². The third-order valence-corrected chi connectivity index (χ3v) is 4.34. The molecule has 1 aliphatic heterocycles. The normalized spacial score (nSPS) is 18.1. The Hall–Kier alpha value is -1.37. The largest absolute Gasteiger partial charge is 0.477 e. The van der Waals surface area contributed by atoms with Crippen molar-refractivity contribution in [3.8, 4) is 0 Å². The van der Waals surface area contributed by atoms with Crippen molar-refractivity contribution in [2.24, 2.45) is 0 Å². The summed E-state index contributed by atoms with van der Waals surface area (Å²) in [6.07, 6.45) is 0.242. The Morgan fingerprint density at radius 3 is 2.65 bits per heavy atom. The Labute approximate surface area is 99.2 Å². The zero-order valence-electron chi connectivity index (χ0n) is 9.67. The van der Waals surface area contributed by atoms with Crippen molar-refractivity contribution in [3.63, 3.8) is 0 Å². The smallest absolute Gasteiger partial charge is 0.354 e. The zero-order chi connectivity index (χ0) is 12.8. The lowest BCUT2D eigenvalue weighted by Gasteiger charge is -2.11. The third kappa shape index (κ3) is 2.06. The van der Waals surface area contributed by atoms with Crippen molar-refractivity contribution < 1.29 is 18.3 Å². The van der Waals surface area contributed by atoms with Crippen LogP contribution < -0.4 is 0 Å². The van der Waals surface area contributed by atoms with E-state index in [2.05, 4.69) is 5.10 Å². The second-order valence-electron chi connectivity index (χ2n) is 4.46. The lowest BCUT2D eigenvalue weighted by Crippen LogP contribution is -2.19. The van der Waals surface area contributed by atoms with Crippen LogP contribution in [0.15, 0.2) is 0 Å². The minimum atomic E-state index is -3.12. The van der Waals surface area contributed by atoms with Crippen LogP contribution in [0.5, 0.6) is 0 Å². The molecule has 0 radical (unpaired) electrons. The highest BCUT2D eigenvalue weighted by molar-refractivity contribution is 7.90. The van der Waals surface area contributed by atoms with E-state index in [1.54, 1.807) is 0 Å². The highest BCUT2D eigenvalue weighted by Gasteiger charge is 2.31. The minimum absolute atomic E-state index is 0.00404. The van der Waals surface area contributed by atoms with E-state index in [0.717, 1.165) is 0 Å². The molecule has 0 atom stereocenters. The van der Waals surface area contributed by atoms with Gasteiger partial charge in [0, 0.05) is 11.6 Å². The van der Waals surface area contributed by atoms with Gasteiger partial charge in [-0.1, -0.05) is 0 Å². The predicted molar refractivity (Wildman–Crippen MR) is 60.8 cm³/mol. The van der Waals surface area contributed by atoms with E-state index in [4.69, 9.17) is 0 Å². The minimum Gasteiger partial charge on any atom is -0.477 e. The summed E-state index contributed by atoms with van der Waals surface area (Å²) in [7, 11) is -3.12. The molecule has 0 spiro atoms. The second-order valence-corrected chi connectivity index (χ2v) is 6.64. The molecule has 7 heteroatoms. The maximum atomic E-state index is 11.5. The average Bonchev–Trinajstić information content (AvgIpc) is 2.54. The summed E-state index contributed by atoms with van der Waals surface area (Å²) in [6.45, 7) is 3.64. The van der Waals surface area contributed by atoms with E-state index < -0.39 is 15.8 Å². The molecule has 17 heavy (non-hydrogen) atoms. The van der Waals surface area contributed by atoms with Gasteiger partial charge in [-0.15, -0.1) is 0 Å². The molecule has 2 rings (SSSR count). The molecule has 0 saturated carbocycles. The van der Waals surface area contributed by atoms with Gasteiger partial charge in [-0.2, -0.15) is 5.10 Å². The van der Waals surface area contributed by atoms with E-state index in [1.807, 2.05) is 13.8 Å². The van der Waals surface area contributed by atoms with Crippen molar-refractivity contribution >= 4 is 15.8 Å². The van der Waals surface area contributed by atoms with Crippen molar-refractivity contribution in [1.29, 1.82) is 0 Å². The first-order valence-corrected chi connectivity index (χ1v) is 7.18. The number of carboxylic acids is 1. The Balaban J connectivity index is 2.61. The van der Waals surface area contributed by atoms with Gasteiger partial charge in [-0.3, -0.25) is 4.68 Å². The molecular formula is C10H14N2O4S. The molecule has 0 saturated heterocycles. The van der Waals surface area contributed by atoms with Crippen molar-refractivity contribution in [2.75, 3.05) is 5.75 Å². The van der Waals surface area contributed by atoms with Crippen LogP contribution in [0.25, 0.3) is 0 Å². The monoisotopic (exact) mass is 258 g/mol. The molecule has 0 unspecified atom stereocenters. The molecule has 0 aliphatic carbocycles. The highest BCUT2D eigenvalue weighted by Crippen LogP contribution is 2.25. The maximum absolute atomic E-state index is 11.5. The van der Waals surface area contributed by atoms with Gasteiger partial charge < -0.3 is 5.11 Å². The molecule has 1 aliphatic rings. The van der Waals surface area contributed by atoms with Crippen LogP contribution in [-0.4, -0.2) is 35.0 Å². The topological polar surface area (TPSA) is 89.3 Å².